The van der Waals surface area contributed by atoms with Gasteiger partial charge in [-0.2, -0.15) is 0 Å². The highest BCUT2D eigenvalue weighted by molar-refractivity contribution is 5.76. The summed E-state index contributed by atoms with van der Waals surface area (Å²) in [5.74, 6) is 0.614. The van der Waals surface area contributed by atoms with Crippen molar-refractivity contribution in [3.05, 3.63) is 0 Å². The van der Waals surface area contributed by atoms with E-state index in [4.69, 9.17) is 0 Å². The molecule has 1 fully saturated rings. The molecule has 0 radical (unpaired) electrons. The van der Waals surface area contributed by atoms with Gasteiger partial charge in [0.1, 0.15) is 0 Å². The van der Waals surface area contributed by atoms with Crippen molar-refractivity contribution in [2.75, 3.05) is 26.2 Å². The first-order valence-corrected chi connectivity index (χ1v) is 6.31. The number of hydrogen-bond acceptors (Lipinski definition) is 3. The van der Waals surface area contributed by atoms with Crippen molar-refractivity contribution in [2.45, 2.75) is 39.2 Å². The van der Waals surface area contributed by atoms with Gasteiger partial charge in [0, 0.05) is 26.1 Å². The van der Waals surface area contributed by atoms with E-state index in [1.54, 1.807) is 0 Å². The highest BCUT2D eigenvalue weighted by atomic mass is 16.3. The van der Waals surface area contributed by atoms with E-state index >= 15 is 0 Å². The number of amides is 1. The molecule has 1 rings (SSSR count). The van der Waals surface area contributed by atoms with E-state index in [-0.39, 0.29) is 12.0 Å². The predicted molar refractivity (Wildman–Crippen MR) is 64.1 cm³/mol. The molecule has 94 valence electrons. The molecule has 0 aromatic heterocycles. The molecule has 1 aliphatic rings. The van der Waals surface area contributed by atoms with Crippen LogP contribution in [0, 0.1) is 5.92 Å². The molecule has 16 heavy (non-hydrogen) atoms. The van der Waals surface area contributed by atoms with Crippen molar-refractivity contribution in [1.29, 1.82) is 0 Å². The minimum Gasteiger partial charge on any atom is -0.393 e. The van der Waals surface area contributed by atoms with E-state index in [2.05, 4.69) is 5.32 Å². The fourth-order valence-electron chi connectivity index (χ4n) is 2.16. The summed E-state index contributed by atoms with van der Waals surface area (Å²) in [6.45, 7) is 7.18. The number of carbonyl (C=O) groups excluding carboxylic acids is 1. The van der Waals surface area contributed by atoms with Gasteiger partial charge < -0.3 is 15.3 Å². The van der Waals surface area contributed by atoms with Gasteiger partial charge in [0.15, 0.2) is 0 Å². The van der Waals surface area contributed by atoms with Crippen LogP contribution in [0.1, 0.15) is 33.1 Å². The zero-order chi connectivity index (χ0) is 12.0. The maximum Gasteiger partial charge on any atom is 0.223 e. The van der Waals surface area contributed by atoms with Crippen molar-refractivity contribution in [2.24, 2.45) is 5.92 Å². The molecule has 1 aliphatic heterocycles. The molecule has 0 bridgehead atoms. The molecule has 1 amide bonds. The molecule has 1 atom stereocenters. The van der Waals surface area contributed by atoms with Crippen LogP contribution in [0.2, 0.25) is 0 Å². The highest BCUT2D eigenvalue weighted by Gasteiger charge is 2.24. The lowest BCUT2D eigenvalue weighted by Gasteiger charge is -2.33. The Hall–Kier alpha value is -0.610. The number of piperidine rings is 1. The Morgan fingerprint density at radius 2 is 2.12 bits per heavy atom. The number of aliphatic hydroxyl groups excluding tert-OH is 1. The molecule has 0 spiro atoms. The Labute approximate surface area is 98.0 Å². The third-order valence-electron chi connectivity index (χ3n) is 3.34. The van der Waals surface area contributed by atoms with Gasteiger partial charge in [-0.05, 0) is 32.2 Å². The Kier molecular flexibility index (Phi) is 5.77. The van der Waals surface area contributed by atoms with E-state index in [0.29, 0.717) is 12.3 Å². The summed E-state index contributed by atoms with van der Waals surface area (Å²) in [5.41, 5.74) is 0. The number of carbonyl (C=O) groups is 1. The molecule has 0 aromatic carbocycles. The van der Waals surface area contributed by atoms with Crippen LogP contribution in [0.5, 0.6) is 0 Å². The van der Waals surface area contributed by atoms with Crippen LogP contribution in [0.3, 0.4) is 0 Å². The number of aliphatic hydroxyl groups is 1. The van der Waals surface area contributed by atoms with Gasteiger partial charge in [0.2, 0.25) is 5.91 Å². The molecule has 1 heterocycles. The lowest BCUT2D eigenvalue weighted by atomic mass is 9.92. The third-order valence-corrected chi connectivity index (χ3v) is 3.34. The van der Waals surface area contributed by atoms with Gasteiger partial charge in [-0.3, -0.25) is 4.79 Å². The largest absolute Gasteiger partial charge is 0.393 e. The van der Waals surface area contributed by atoms with Gasteiger partial charge in [-0.15, -0.1) is 0 Å². The van der Waals surface area contributed by atoms with Crippen LogP contribution in [0.15, 0.2) is 0 Å². The summed E-state index contributed by atoms with van der Waals surface area (Å²) in [4.78, 5) is 13.7. The smallest absolute Gasteiger partial charge is 0.223 e. The van der Waals surface area contributed by atoms with E-state index in [1.165, 1.54) is 0 Å². The van der Waals surface area contributed by atoms with Gasteiger partial charge in [0.05, 0.1) is 6.10 Å². The van der Waals surface area contributed by atoms with Crippen molar-refractivity contribution in [1.82, 2.24) is 10.2 Å². The molecule has 1 unspecified atom stereocenters. The summed E-state index contributed by atoms with van der Waals surface area (Å²) in [6.07, 6.45) is 2.22. The Morgan fingerprint density at radius 1 is 1.50 bits per heavy atom. The second-order valence-electron chi connectivity index (χ2n) is 4.56. The molecule has 0 saturated carbocycles. The quantitative estimate of drug-likeness (QED) is 0.678. The molecular weight excluding hydrogens is 204 g/mol. The van der Waals surface area contributed by atoms with Crippen molar-refractivity contribution < 1.29 is 9.90 Å². The number of nitrogens with zero attached hydrogens (tertiary/aromatic N) is 1. The number of hydrogen-bond donors (Lipinski definition) is 2. The average molecular weight is 228 g/mol. The molecule has 1 saturated heterocycles. The van der Waals surface area contributed by atoms with Crippen molar-refractivity contribution in [3.8, 4) is 0 Å². The summed E-state index contributed by atoms with van der Waals surface area (Å²) in [7, 11) is 0. The lowest BCUT2D eigenvalue weighted by molar-refractivity contribution is -0.133. The topological polar surface area (TPSA) is 52.6 Å². The van der Waals surface area contributed by atoms with E-state index in [1.807, 2.05) is 18.7 Å². The number of likely N-dealkylation sites (tertiary alicyclic amines) is 1. The third kappa shape index (κ3) is 4.10. The number of nitrogens with one attached hydrogen (secondary N) is 1. The molecular formula is C12H24N2O2. The van der Waals surface area contributed by atoms with E-state index < -0.39 is 0 Å². The standard InChI is InChI=1S/C12H24N2O2/c1-3-13-7-4-12(16)14-8-5-11(6-9-14)10(2)15/h10-11,13,15H,3-9H2,1-2H3. The summed E-state index contributed by atoms with van der Waals surface area (Å²) >= 11 is 0. The van der Waals surface area contributed by atoms with Gasteiger partial charge in [0.25, 0.3) is 0 Å². The van der Waals surface area contributed by atoms with Crippen LogP contribution >= 0.6 is 0 Å². The Morgan fingerprint density at radius 3 is 2.62 bits per heavy atom. The van der Waals surface area contributed by atoms with E-state index in [0.717, 1.165) is 39.0 Å². The predicted octanol–water partition coefficient (Wildman–Crippen LogP) is 0.605. The summed E-state index contributed by atoms with van der Waals surface area (Å²) in [5, 5.41) is 12.6. The second-order valence-corrected chi connectivity index (χ2v) is 4.56. The first-order valence-electron chi connectivity index (χ1n) is 6.31. The monoisotopic (exact) mass is 228 g/mol. The van der Waals surface area contributed by atoms with Crippen LogP contribution < -0.4 is 5.32 Å². The molecule has 0 aliphatic carbocycles. The minimum absolute atomic E-state index is 0.237. The Balaban J connectivity index is 2.22. The second kappa shape index (κ2) is 6.86. The van der Waals surface area contributed by atoms with Gasteiger partial charge in [-0.1, -0.05) is 6.92 Å². The van der Waals surface area contributed by atoms with Gasteiger partial charge in [-0.25, -0.2) is 0 Å². The maximum absolute atomic E-state index is 11.8. The maximum atomic E-state index is 11.8. The Bertz CT molecular complexity index is 211. The number of rotatable bonds is 5. The first-order chi connectivity index (χ1) is 7.65. The highest BCUT2D eigenvalue weighted by Crippen LogP contribution is 2.20. The van der Waals surface area contributed by atoms with Crippen LogP contribution in [-0.2, 0) is 4.79 Å². The van der Waals surface area contributed by atoms with Crippen LogP contribution in [0.25, 0.3) is 0 Å². The zero-order valence-electron chi connectivity index (χ0n) is 10.4. The fraction of sp³-hybridized carbons (Fsp3) is 0.917. The lowest BCUT2D eigenvalue weighted by Crippen LogP contribution is -2.41. The van der Waals surface area contributed by atoms with Crippen LogP contribution in [-0.4, -0.2) is 48.2 Å². The van der Waals surface area contributed by atoms with E-state index in [9.17, 15) is 9.90 Å². The fourth-order valence-corrected chi connectivity index (χ4v) is 2.16. The van der Waals surface area contributed by atoms with Crippen molar-refractivity contribution >= 4 is 5.91 Å². The summed E-state index contributed by atoms with van der Waals surface area (Å²) in [6, 6.07) is 0. The van der Waals surface area contributed by atoms with Crippen molar-refractivity contribution in [3.63, 3.8) is 0 Å². The normalized spacial score (nSPS) is 19.8. The molecule has 4 heteroatoms. The van der Waals surface area contributed by atoms with Crippen LogP contribution in [0.4, 0.5) is 0 Å². The first kappa shape index (κ1) is 13.5. The molecule has 0 aromatic rings. The SMILES string of the molecule is CCNCCC(=O)N1CCC(C(C)O)CC1. The summed E-state index contributed by atoms with van der Waals surface area (Å²) < 4.78 is 0. The minimum atomic E-state index is -0.237. The van der Waals surface area contributed by atoms with Gasteiger partial charge >= 0.3 is 0 Å². The molecule has 4 nitrogen and oxygen atoms in total. The average Bonchev–Trinajstić information content (AvgIpc) is 2.29. The molecule has 2 N–H and O–H groups in total. The zero-order valence-corrected chi connectivity index (χ0v) is 10.4.